The Morgan fingerprint density at radius 3 is 2.68 bits per heavy atom. The minimum Gasteiger partial charge on any atom is -0.481 e. The first kappa shape index (κ1) is 17.4. The van der Waals surface area contributed by atoms with E-state index in [0.717, 1.165) is 30.0 Å². The summed E-state index contributed by atoms with van der Waals surface area (Å²) in [7, 11) is 1.60. The van der Waals surface area contributed by atoms with Crippen molar-refractivity contribution < 1.29 is 14.6 Å². The van der Waals surface area contributed by atoms with Gasteiger partial charge in [0, 0.05) is 32.4 Å². The first-order valence-corrected chi connectivity index (χ1v) is 8.51. The van der Waals surface area contributed by atoms with Crippen LogP contribution in [0.4, 0.5) is 5.82 Å². The lowest BCUT2D eigenvalue weighted by molar-refractivity contribution is -0.150. The van der Waals surface area contributed by atoms with Crippen molar-refractivity contribution in [2.75, 3.05) is 31.7 Å². The number of ether oxygens (including phenoxy) is 1. The molecule has 0 aliphatic carbocycles. The van der Waals surface area contributed by atoms with Gasteiger partial charge in [-0.2, -0.15) is 0 Å². The van der Waals surface area contributed by atoms with Crippen LogP contribution in [0.5, 0.6) is 0 Å². The summed E-state index contributed by atoms with van der Waals surface area (Å²) in [5, 5.41) is 18.4. The number of carbonyl (C=O) groups is 1. The number of nitrogens with zero attached hydrogens (tertiary/aromatic N) is 3. The smallest absolute Gasteiger partial charge is 0.311 e. The number of carboxylic acid groups (broad SMARTS) is 1. The van der Waals surface area contributed by atoms with Gasteiger partial charge in [0.1, 0.15) is 0 Å². The average molecular weight is 341 g/mol. The summed E-state index contributed by atoms with van der Waals surface area (Å²) in [5.41, 5.74) is 1.04. The molecule has 1 aliphatic heterocycles. The predicted octanol–water partition coefficient (Wildman–Crippen LogP) is 2.85. The number of aliphatic carboxylic acids is 1. The van der Waals surface area contributed by atoms with E-state index in [1.54, 1.807) is 7.11 Å². The Balaban J connectivity index is 1.78. The third kappa shape index (κ3) is 3.79. The Morgan fingerprint density at radius 2 is 2.04 bits per heavy atom. The largest absolute Gasteiger partial charge is 0.481 e. The van der Waals surface area contributed by atoms with Crippen molar-refractivity contribution in [2.24, 2.45) is 5.41 Å². The van der Waals surface area contributed by atoms with Gasteiger partial charge in [0.15, 0.2) is 5.82 Å². The Morgan fingerprint density at radius 1 is 1.24 bits per heavy atom. The molecule has 1 N–H and O–H groups in total. The Hall–Kier alpha value is -2.47. The fourth-order valence-corrected chi connectivity index (χ4v) is 3.37. The van der Waals surface area contributed by atoms with Crippen molar-refractivity contribution >= 4 is 11.8 Å². The quantitative estimate of drug-likeness (QED) is 0.871. The summed E-state index contributed by atoms with van der Waals surface area (Å²) < 4.78 is 5.12. The third-order valence-electron chi connectivity index (χ3n) is 4.86. The van der Waals surface area contributed by atoms with Gasteiger partial charge in [-0.05, 0) is 31.4 Å². The van der Waals surface area contributed by atoms with E-state index >= 15 is 0 Å². The number of aromatic nitrogens is 2. The SMILES string of the molecule is COCC[C@@]1(C(=O)O)CCCN(c2ccc(-c3ccccc3)nn2)C1. The first-order valence-electron chi connectivity index (χ1n) is 8.51. The average Bonchev–Trinajstić information content (AvgIpc) is 2.67. The molecule has 1 aliphatic rings. The molecule has 1 saturated heterocycles. The summed E-state index contributed by atoms with van der Waals surface area (Å²) in [6.07, 6.45) is 1.99. The third-order valence-corrected chi connectivity index (χ3v) is 4.86. The number of anilines is 1. The second-order valence-corrected chi connectivity index (χ2v) is 6.50. The lowest BCUT2D eigenvalue weighted by Gasteiger charge is -2.40. The van der Waals surface area contributed by atoms with Crippen molar-refractivity contribution in [2.45, 2.75) is 19.3 Å². The highest BCUT2D eigenvalue weighted by molar-refractivity contribution is 5.76. The van der Waals surface area contributed by atoms with Gasteiger partial charge in [0.25, 0.3) is 0 Å². The van der Waals surface area contributed by atoms with Crippen molar-refractivity contribution in [3.63, 3.8) is 0 Å². The van der Waals surface area contributed by atoms with Crippen molar-refractivity contribution in [1.82, 2.24) is 10.2 Å². The van der Waals surface area contributed by atoms with E-state index < -0.39 is 11.4 Å². The van der Waals surface area contributed by atoms with Crippen LogP contribution >= 0.6 is 0 Å². The zero-order valence-electron chi connectivity index (χ0n) is 14.4. The molecule has 0 amide bonds. The van der Waals surface area contributed by atoms with Crippen LogP contribution in [0.1, 0.15) is 19.3 Å². The molecule has 132 valence electrons. The molecule has 0 bridgehead atoms. The lowest BCUT2D eigenvalue weighted by Crippen LogP contribution is -2.48. The highest BCUT2D eigenvalue weighted by Crippen LogP contribution is 2.35. The molecular weight excluding hydrogens is 318 g/mol. The minimum atomic E-state index is -0.784. The molecule has 2 aromatic rings. The van der Waals surface area contributed by atoms with E-state index in [1.165, 1.54) is 0 Å². The fourth-order valence-electron chi connectivity index (χ4n) is 3.37. The number of hydrogen-bond donors (Lipinski definition) is 1. The van der Waals surface area contributed by atoms with Crippen LogP contribution in [0.2, 0.25) is 0 Å². The number of rotatable bonds is 6. The number of methoxy groups -OCH3 is 1. The van der Waals surface area contributed by atoms with Gasteiger partial charge in [-0.15, -0.1) is 10.2 Å². The second-order valence-electron chi connectivity index (χ2n) is 6.50. The minimum absolute atomic E-state index is 0.436. The van der Waals surface area contributed by atoms with Gasteiger partial charge in [0.05, 0.1) is 11.1 Å². The summed E-state index contributed by atoms with van der Waals surface area (Å²) in [5.74, 6) is -0.0365. The van der Waals surface area contributed by atoms with Gasteiger partial charge >= 0.3 is 5.97 Å². The van der Waals surface area contributed by atoms with Crippen LogP contribution in [-0.2, 0) is 9.53 Å². The molecule has 0 radical (unpaired) electrons. The van der Waals surface area contributed by atoms with Gasteiger partial charge in [-0.25, -0.2) is 0 Å². The number of benzene rings is 1. The molecule has 1 aromatic carbocycles. The van der Waals surface area contributed by atoms with Crippen LogP contribution in [0.25, 0.3) is 11.3 Å². The maximum absolute atomic E-state index is 11.9. The van der Waals surface area contributed by atoms with Crippen LogP contribution in [0, 0.1) is 5.41 Å². The highest BCUT2D eigenvalue weighted by Gasteiger charge is 2.42. The van der Waals surface area contributed by atoms with Gasteiger partial charge in [0.2, 0.25) is 0 Å². The van der Waals surface area contributed by atoms with E-state index in [0.29, 0.717) is 26.0 Å². The van der Waals surface area contributed by atoms with Crippen molar-refractivity contribution in [3.8, 4) is 11.3 Å². The molecule has 1 fully saturated rings. The highest BCUT2D eigenvalue weighted by atomic mass is 16.5. The topological polar surface area (TPSA) is 75.6 Å². The Labute approximate surface area is 147 Å². The normalized spacial score (nSPS) is 20.4. The van der Waals surface area contributed by atoms with E-state index in [2.05, 4.69) is 10.2 Å². The predicted molar refractivity (Wildman–Crippen MR) is 95.5 cm³/mol. The van der Waals surface area contributed by atoms with E-state index in [-0.39, 0.29) is 0 Å². The maximum Gasteiger partial charge on any atom is 0.311 e. The zero-order chi connectivity index (χ0) is 17.7. The van der Waals surface area contributed by atoms with Crippen LogP contribution < -0.4 is 4.90 Å². The summed E-state index contributed by atoms with van der Waals surface area (Å²) in [6, 6.07) is 13.7. The Bertz CT molecular complexity index is 706. The molecule has 1 atom stereocenters. The number of piperidine rings is 1. The summed E-state index contributed by atoms with van der Waals surface area (Å²) in [4.78, 5) is 13.9. The summed E-state index contributed by atoms with van der Waals surface area (Å²) in [6.45, 7) is 1.67. The van der Waals surface area contributed by atoms with Crippen LogP contribution in [0.3, 0.4) is 0 Å². The van der Waals surface area contributed by atoms with Crippen molar-refractivity contribution in [3.05, 3.63) is 42.5 Å². The van der Waals surface area contributed by atoms with Crippen LogP contribution in [-0.4, -0.2) is 48.1 Å². The Kier molecular flexibility index (Phi) is 5.28. The fraction of sp³-hybridized carbons (Fsp3) is 0.421. The first-order chi connectivity index (χ1) is 12.1. The molecule has 1 aromatic heterocycles. The molecule has 25 heavy (non-hydrogen) atoms. The van der Waals surface area contributed by atoms with Gasteiger partial charge in [-0.1, -0.05) is 30.3 Å². The van der Waals surface area contributed by atoms with E-state index in [4.69, 9.17) is 4.74 Å². The van der Waals surface area contributed by atoms with Gasteiger partial charge in [-0.3, -0.25) is 4.79 Å². The maximum atomic E-state index is 11.9. The molecule has 0 saturated carbocycles. The molecule has 2 heterocycles. The molecule has 0 unspecified atom stereocenters. The van der Waals surface area contributed by atoms with Gasteiger partial charge < -0.3 is 14.7 Å². The molecule has 6 heteroatoms. The summed E-state index contributed by atoms with van der Waals surface area (Å²) >= 11 is 0. The molecular formula is C19H23N3O3. The zero-order valence-corrected chi connectivity index (χ0v) is 14.4. The number of hydrogen-bond acceptors (Lipinski definition) is 5. The van der Waals surface area contributed by atoms with E-state index in [9.17, 15) is 9.90 Å². The molecule has 0 spiro atoms. The monoisotopic (exact) mass is 341 g/mol. The molecule has 6 nitrogen and oxygen atoms in total. The van der Waals surface area contributed by atoms with Crippen molar-refractivity contribution in [1.29, 1.82) is 0 Å². The number of carboxylic acids is 1. The van der Waals surface area contributed by atoms with Crippen LogP contribution in [0.15, 0.2) is 42.5 Å². The second kappa shape index (κ2) is 7.61. The standard InChI is InChI=1S/C19H23N3O3/c1-25-13-11-19(18(23)24)10-5-12-22(14-19)17-9-8-16(20-21-17)15-6-3-2-4-7-15/h2-4,6-9H,5,10-14H2,1H3,(H,23,24)/t19-/m0/s1. The van der Waals surface area contributed by atoms with E-state index in [1.807, 2.05) is 47.4 Å². The lowest BCUT2D eigenvalue weighted by atomic mass is 9.77. The molecule has 3 rings (SSSR count).